The van der Waals surface area contributed by atoms with Crippen molar-refractivity contribution in [1.29, 1.82) is 0 Å². The van der Waals surface area contributed by atoms with E-state index in [0.717, 1.165) is 24.4 Å². The molecule has 0 radical (unpaired) electrons. The molecule has 0 amide bonds. The zero-order valence-corrected chi connectivity index (χ0v) is 14.0. The predicted molar refractivity (Wildman–Crippen MR) is 92.3 cm³/mol. The lowest BCUT2D eigenvalue weighted by Crippen LogP contribution is -2.32. The maximum absolute atomic E-state index is 6.40. The number of hydrogen-bond donors (Lipinski definition) is 1. The minimum atomic E-state index is 0.394. The van der Waals surface area contributed by atoms with Crippen molar-refractivity contribution in [3.8, 4) is 0 Å². The Labute approximate surface area is 136 Å². The second-order valence-corrected chi connectivity index (χ2v) is 7.19. The average Bonchev–Trinajstić information content (AvgIpc) is 2.94. The van der Waals surface area contributed by atoms with Gasteiger partial charge in [-0.3, -0.25) is 0 Å². The van der Waals surface area contributed by atoms with Crippen LogP contribution in [0.15, 0.2) is 35.7 Å². The lowest BCUT2D eigenvalue weighted by molar-refractivity contribution is 0.330. The van der Waals surface area contributed by atoms with Gasteiger partial charge < -0.3 is 5.32 Å². The highest BCUT2D eigenvalue weighted by molar-refractivity contribution is 7.10. The van der Waals surface area contributed by atoms with E-state index in [1.807, 2.05) is 6.07 Å². The van der Waals surface area contributed by atoms with Crippen LogP contribution < -0.4 is 5.32 Å². The molecular formula is C18H22ClNS. The first kappa shape index (κ1) is 15.1. The molecular weight excluding hydrogens is 298 g/mol. The minimum Gasteiger partial charge on any atom is -0.309 e. The fourth-order valence-corrected chi connectivity index (χ4v) is 4.65. The molecule has 2 atom stereocenters. The van der Waals surface area contributed by atoms with Crippen molar-refractivity contribution in [2.75, 3.05) is 6.54 Å². The van der Waals surface area contributed by atoms with Crippen LogP contribution in [0.3, 0.4) is 0 Å². The van der Waals surface area contributed by atoms with Crippen molar-refractivity contribution in [2.24, 2.45) is 5.92 Å². The predicted octanol–water partition coefficient (Wildman–Crippen LogP) is 5.25. The highest BCUT2D eigenvalue weighted by Gasteiger charge is 2.28. The molecule has 1 aliphatic carbocycles. The summed E-state index contributed by atoms with van der Waals surface area (Å²) >= 11 is 8.19. The van der Waals surface area contributed by atoms with E-state index in [0.29, 0.717) is 12.0 Å². The van der Waals surface area contributed by atoms with Gasteiger partial charge in [-0.25, -0.2) is 0 Å². The third-order valence-corrected chi connectivity index (χ3v) is 5.84. The summed E-state index contributed by atoms with van der Waals surface area (Å²) < 4.78 is 0. The van der Waals surface area contributed by atoms with Gasteiger partial charge >= 0.3 is 0 Å². The summed E-state index contributed by atoms with van der Waals surface area (Å²) in [5.41, 5.74) is 3.05. The zero-order chi connectivity index (χ0) is 14.7. The first-order valence-electron chi connectivity index (χ1n) is 7.82. The van der Waals surface area contributed by atoms with E-state index in [-0.39, 0.29) is 0 Å². The number of aryl methyl sites for hydroxylation is 1. The van der Waals surface area contributed by atoms with Crippen molar-refractivity contribution in [3.05, 3.63) is 56.7 Å². The van der Waals surface area contributed by atoms with Crippen LogP contribution in [0.5, 0.6) is 0 Å². The Morgan fingerprint density at radius 2 is 2.10 bits per heavy atom. The van der Waals surface area contributed by atoms with Gasteiger partial charge in [-0.1, -0.05) is 42.8 Å². The van der Waals surface area contributed by atoms with Crippen molar-refractivity contribution >= 4 is 22.9 Å². The molecule has 112 valence electrons. The quantitative estimate of drug-likeness (QED) is 0.794. The Bertz CT molecular complexity index is 592. The van der Waals surface area contributed by atoms with Gasteiger partial charge in [0, 0.05) is 10.9 Å². The second kappa shape index (κ2) is 6.95. The number of rotatable bonds is 5. The van der Waals surface area contributed by atoms with Crippen LogP contribution in [0.4, 0.5) is 0 Å². The molecule has 1 aliphatic rings. The lowest BCUT2D eigenvalue weighted by Gasteiger charge is -2.32. The maximum Gasteiger partial charge on any atom is 0.0561 e. The smallest absolute Gasteiger partial charge is 0.0561 e. The van der Waals surface area contributed by atoms with Gasteiger partial charge in [-0.15, -0.1) is 11.3 Å². The molecule has 0 bridgehead atoms. The SMILES string of the molecule is CCCNC(c1sccc1Cl)C1CCc2ccccc2C1. The number of thiophene rings is 1. The van der Waals surface area contributed by atoms with E-state index >= 15 is 0 Å². The Kier molecular flexibility index (Phi) is 4.99. The molecule has 1 aromatic carbocycles. The van der Waals surface area contributed by atoms with E-state index in [4.69, 9.17) is 11.6 Å². The van der Waals surface area contributed by atoms with Gasteiger partial charge in [-0.05, 0) is 60.7 Å². The fraction of sp³-hybridized carbons (Fsp3) is 0.444. The Morgan fingerprint density at radius 3 is 2.81 bits per heavy atom. The van der Waals surface area contributed by atoms with Gasteiger partial charge in [0.25, 0.3) is 0 Å². The van der Waals surface area contributed by atoms with Gasteiger partial charge in [0.05, 0.1) is 5.02 Å². The first-order valence-corrected chi connectivity index (χ1v) is 9.08. The van der Waals surface area contributed by atoms with Crippen molar-refractivity contribution in [2.45, 2.75) is 38.6 Å². The van der Waals surface area contributed by atoms with Crippen LogP contribution in [-0.2, 0) is 12.8 Å². The van der Waals surface area contributed by atoms with Gasteiger partial charge in [0.2, 0.25) is 0 Å². The first-order chi connectivity index (χ1) is 10.3. The summed E-state index contributed by atoms with van der Waals surface area (Å²) in [6.45, 7) is 3.27. The van der Waals surface area contributed by atoms with Crippen molar-refractivity contribution in [1.82, 2.24) is 5.32 Å². The van der Waals surface area contributed by atoms with E-state index < -0.39 is 0 Å². The molecule has 0 spiro atoms. The summed E-state index contributed by atoms with van der Waals surface area (Å²) in [4.78, 5) is 1.31. The Morgan fingerprint density at radius 1 is 1.29 bits per heavy atom. The van der Waals surface area contributed by atoms with Crippen LogP contribution in [0.2, 0.25) is 5.02 Å². The monoisotopic (exact) mass is 319 g/mol. The van der Waals surface area contributed by atoms with Crippen LogP contribution in [0.25, 0.3) is 0 Å². The molecule has 3 heteroatoms. The summed E-state index contributed by atoms with van der Waals surface area (Å²) in [5, 5.41) is 6.77. The van der Waals surface area contributed by atoms with E-state index in [2.05, 4.69) is 41.9 Å². The largest absolute Gasteiger partial charge is 0.309 e. The molecule has 1 nitrogen and oxygen atoms in total. The van der Waals surface area contributed by atoms with Gasteiger partial charge in [-0.2, -0.15) is 0 Å². The third kappa shape index (κ3) is 3.33. The lowest BCUT2D eigenvalue weighted by atomic mass is 9.79. The standard InChI is InChI=1S/C18H22ClNS/c1-2-10-20-17(18-16(19)9-11-21-18)15-8-7-13-5-3-4-6-14(13)12-15/h3-6,9,11,15,17,20H,2,7-8,10,12H2,1H3. The summed E-state index contributed by atoms with van der Waals surface area (Å²) in [6, 6.07) is 11.3. The Balaban J connectivity index is 1.83. The minimum absolute atomic E-state index is 0.394. The highest BCUT2D eigenvalue weighted by atomic mass is 35.5. The van der Waals surface area contributed by atoms with Gasteiger partial charge in [0.1, 0.15) is 0 Å². The molecule has 1 N–H and O–H groups in total. The zero-order valence-electron chi connectivity index (χ0n) is 12.4. The van der Waals surface area contributed by atoms with E-state index in [1.165, 1.54) is 28.8 Å². The number of hydrogen-bond acceptors (Lipinski definition) is 2. The molecule has 1 heterocycles. The van der Waals surface area contributed by atoms with Crippen LogP contribution in [0, 0.1) is 5.92 Å². The number of benzene rings is 1. The molecule has 3 rings (SSSR count). The van der Waals surface area contributed by atoms with Crippen molar-refractivity contribution in [3.63, 3.8) is 0 Å². The topological polar surface area (TPSA) is 12.0 Å². The number of fused-ring (bicyclic) bond motifs is 1. The van der Waals surface area contributed by atoms with Crippen LogP contribution >= 0.6 is 22.9 Å². The van der Waals surface area contributed by atoms with Crippen LogP contribution in [0.1, 0.15) is 41.8 Å². The normalized spacial score (nSPS) is 19.2. The molecule has 0 saturated carbocycles. The molecule has 0 saturated heterocycles. The van der Waals surface area contributed by atoms with Crippen LogP contribution in [-0.4, -0.2) is 6.54 Å². The molecule has 21 heavy (non-hydrogen) atoms. The molecule has 2 aromatic rings. The number of halogens is 1. The molecule has 2 unspecified atom stereocenters. The van der Waals surface area contributed by atoms with Crippen molar-refractivity contribution < 1.29 is 0 Å². The maximum atomic E-state index is 6.40. The highest BCUT2D eigenvalue weighted by Crippen LogP contribution is 2.39. The fourth-order valence-electron chi connectivity index (χ4n) is 3.31. The van der Waals surface area contributed by atoms with E-state index in [9.17, 15) is 0 Å². The third-order valence-electron chi connectivity index (χ3n) is 4.40. The number of nitrogens with one attached hydrogen (secondary N) is 1. The molecule has 0 fully saturated rings. The van der Waals surface area contributed by atoms with E-state index in [1.54, 1.807) is 11.3 Å². The Hall–Kier alpha value is -0.830. The average molecular weight is 320 g/mol. The summed E-state index contributed by atoms with van der Waals surface area (Å²) in [5.74, 6) is 0.641. The molecule has 0 aliphatic heterocycles. The van der Waals surface area contributed by atoms with Gasteiger partial charge in [0.15, 0.2) is 0 Å². The molecule has 1 aromatic heterocycles. The summed E-state index contributed by atoms with van der Waals surface area (Å²) in [6.07, 6.45) is 4.75. The second-order valence-electron chi connectivity index (χ2n) is 5.84. The summed E-state index contributed by atoms with van der Waals surface area (Å²) in [7, 11) is 0.